The van der Waals surface area contributed by atoms with Crippen molar-refractivity contribution in [1.82, 2.24) is 5.32 Å². The van der Waals surface area contributed by atoms with E-state index in [0.717, 1.165) is 10.9 Å². The molecule has 0 aliphatic carbocycles. The molecular weight excluding hydrogens is 168 g/mol. The standard InChI is InChI=1S/C9H18N2O.H2O/c1-6-8(11(3,4)5)10-9(12)7-2;/h7-8H,2,6H2,1,3-5H3;1H2. The molecule has 0 saturated heterocycles. The molecule has 0 radical (unpaired) electrons. The zero-order valence-electron chi connectivity index (χ0n) is 8.87. The van der Waals surface area contributed by atoms with Crippen molar-refractivity contribution in [1.29, 1.82) is 0 Å². The Morgan fingerprint density at radius 1 is 1.54 bits per heavy atom. The van der Waals surface area contributed by atoms with Crippen LogP contribution < -0.4 is 5.32 Å². The van der Waals surface area contributed by atoms with Gasteiger partial charge in [-0.15, -0.1) is 0 Å². The van der Waals surface area contributed by atoms with E-state index in [2.05, 4.69) is 40.0 Å². The largest absolute Gasteiger partial charge is 0.870 e. The highest BCUT2D eigenvalue weighted by atomic mass is 16.1. The molecule has 1 atom stereocenters. The first-order valence-corrected chi connectivity index (χ1v) is 4.15. The Hall–Kier alpha value is -0.870. The van der Waals surface area contributed by atoms with E-state index in [1.807, 2.05) is 0 Å². The summed E-state index contributed by atoms with van der Waals surface area (Å²) in [6, 6.07) is 0. The molecular formula is C9H20N2O2. The van der Waals surface area contributed by atoms with Crippen molar-refractivity contribution in [2.45, 2.75) is 19.5 Å². The first-order valence-electron chi connectivity index (χ1n) is 4.15. The molecule has 0 spiro atoms. The highest BCUT2D eigenvalue weighted by molar-refractivity contribution is 5.86. The average Bonchev–Trinajstić information content (AvgIpc) is 1.97. The lowest BCUT2D eigenvalue weighted by Crippen LogP contribution is -2.54. The van der Waals surface area contributed by atoms with Gasteiger partial charge in [0.25, 0.3) is 0 Å². The van der Waals surface area contributed by atoms with Crippen molar-refractivity contribution in [2.75, 3.05) is 21.1 Å². The van der Waals surface area contributed by atoms with Crippen LogP contribution in [0.15, 0.2) is 12.7 Å². The van der Waals surface area contributed by atoms with Crippen molar-refractivity contribution < 1.29 is 14.8 Å². The third-order valence-corrected chi connectivity index (χ3v) is 1.82. The first-order chi connectivity index (χ1) is 5.41. The van der Waals surface area contributed by atoms with Crippen LogP contribution in [0.3, 0.4) is 0 Å². The number of amides is 1. The maximum atomic E-state index is 11.0. The van der Waals surface area contributed by atoms with E-state index in [-0.39, 0.29) is 17.5 Å². The second-order valence-corrected chi connectivity index (χ2v) is 3.75. The number of quaternary nitrogens is 1. The fraction of sp³-hybridized carbons (Fsp3) is 0.667. The van der Waals surface area contributed by atoms with Crippen LogP contribution in [0.5, 0.6) is 0 Å². The lowest BCUT2D eigenvalue weighted by atomic mass is 10.3. The minimum Gasteiger partial charge on any atom is -0.870 e. The molecule has 13 heavy (non-hydrogen) atoms. The van der Waals surface area contributed by atoms with Gasteiger partial charge in [-0.3, -0.25) is 4.79 Å². The second-order valence-electron chi connectivity index (χ2n) is 3.75. The van der Waals surface area contributed by atoms with E-state index in [0.29, 0.717) is 0 Å². The van der Waals surface area contributed by atoms with Crippen LogP contribution in [0.2, 0.25) is 0 Å². The number of carbonyl (C=O) groups excluding carboxylic acids is 1. The number of hydrogen-bond donors (Lipinski definition) is 1. The van der Waals surface area contributed by atoms with Crippen molar-refractivity contribution >= 4 is 5.91 Å². The summed E-state index contributed by atoms with van der Waals surface area (Å²) in [5, 5.41) is 2.87. The fourth-order valence-corrected chi connectivity index (χ4v) is 1.07. The van der Waals surface area contributed by atoms with Crippen LogP contribution in [0.1, 0.15) is 13.3 Å². The number of nitrogens with one attached hydrogen (secondary N) is 1. The van der Waals surface area contributed by atoms with Crippen molar-refractivity contribution in [2.24, 2.45) is 0 Å². The van der Waals surface area contributed by atoms with E-state index in [4.69, 9.17) is 0 Å². The average molecular weight is 188 g/mol. The van der Waals surface area contributed by atoms with Crippen LogP contribution in [0, 0.1) is 0 Å². The molecule has 0 fully saturated rings. The minimum atomic E-state index is -0.102. The molecule has 2 N–H and O–H groups in total. The Labute approximate surface area is 80.1 Å². The second kappa shape index (κ2) is 5.72. The Morgan fingerprint density at radius 3 is 2.23 bits per heavy atom. The number of hydrogen-bond acceptors (Lipinski definition) is 2. The SMILES string of the molecule is C=CC(=O)NC(CC)[N+](C)(C)C.[OH-]. The molecule has 4 nitrogen and oxygen atoms in total. The van der Waals surface area contributed by atoms with Crippen molar-refractivity contribution in [3.8, 4) is 0 Å². The van der Waals surface area contributed by atoms with Gasteiger partial charge in [-0.2, -0.15) is 0 Å². The Balaban J connectivity index is 0. The first kappa shape index (κ1) is 14.6. The lowest BCUT2D eigenvalue weighted by Gasteiger charge is -2.33. The summed E-state index contributed by atoms with van der Waals surface area (Å²) in [6.07, 6.45) is 2.39. The molecule has 1 amide bonds. The molecule has 4 heteroatoms. The Morgan fingerprint density at radius 2 is 2.00 bits per heavy atom. The third-order valence-electron chi connectivity index (χ3n) is 1.82. The summed E-state index contributed by atoms with van der Waals surface area (Å²) >= 11 is 0. The van der Waals surface area contributed by atoms with Gasteiger partial charge in [0.1, 0.15) is 0 Å². The molecule has 0 aromatic heterocycles. The highest BCUT2D eigenvalue weighted by Gasteiger charge is 2.22. The van der Waals surface area contributed by atoms with E-state index >= 15 is 0 Å². The van der Waals surface area contributed by atoms with Gasteiger partial charge in [-0.25, -0.2) is 0 Å². The quantitative estimate of drug-likeness (QED) is 0.398. The fourth-order valence-electron chi connectivity index (χ4n) is 1.07. The molecule has 1 unspecified atom stereocenters. The third kappa shape index (κ3) is 5.38. The number of nitrogens with zero attached hydrogens (tertiary/aromatic N) is 1. The summed E-state index contributed by atoms with van der Waals surface area (Å²) < 4.78 is 0.732. The van der Waals surface area contributed by atoms with Crippen LogP contribution in [-0.4, -0.2) is 43.2 Å². The molecule has 0 aromatic carbocycles. The molecule has 0 rings (SSSR count). The van der Waals surface area contributed by atoms with Crippen LogP contribution in [-0.2, 0) is 4.79 Å². The van der Waals surface area contributed by atoms with E-state index in [1.165, 1.54) is 6.08 Å². The highest BCUT2D eigenvalue weighted by Crippen LogP contribution is 2.03. The van der Waals surface area contributed by atoms with Gasteiger partial charge in [-0.1, -0.05) is 13.5 Å². The topological polar surface area (TPSA) is 59.1 Å². The lowest BCUT2D eigenvalue weighted by molar-refractivity contribution is -0.898. The van der Waals surface area contributed by atoms with E-state index in [1.54, 1.807) is 0 Å². The van der Waals surface area contributed by atoms with Crippen LogP contribution >= 0.6 is 0 Å². The van der Waals surface area contributed by atoms with Gasteiger partial charge in [0.15, 0.2) is 6.17 Å². The molecule has 0 aliphatic heterocycles. The van der Waals surface area contributed by atoms with Gasteiger partial charge in [0.2, 0.25) is 5.91 Å². The minimum absolute atomic E-state index is 0. The monoisotopic (exact) mass is 188 g/mol. The maximum Gasteiger partial charge on any atom is 0.247 e. The molecule has 0 aliphatic rings. The van der Waals surface area contributed by atoms with Crippen LogP contribution in [0.4, 0.5) is 0 Å². The Kier molecular flexibility index (Phi) is 6.44. The summed E-state index contributed by atoms with van der Waals surface area (Å²) in [7, 11) is 6.16. The molecule has 0 heterocycles. The molecule has 0 bridgehead atoms. The zero-order valence-corrected chi connectivity index (χ0v) is 8.87. The van der Waals surface area contributed by atoms with Crippen LogP contribution in [0.25, 0.3) is 0 Å². The van der Waals surface area contributed by atoms with E-state index in [9.17, 15) is 4.79 Å². The predicted octanol–water partition coefficient (Wildman–Crippen LogP) is 0.554. The number of carbonyl (C=O) groups is 1. The Bertz CT molecular complexity index is 173. The summed E-state index contributed by atoms with van der Waals surface area (Å²) in [4.78, 5) is 11.0. The smallest absolute Gasteiger partial charge is 0.247 e. The molecule has 78 valence electrons. The van der Waals surface area contributed by atoms with Gasteiger partial charge >= 0.3 is 0 Å². The summed E-state index contributed by atoms with van der Waals surface area (Å²) in [5.41, 5.74) is 0. The van der Waals surface area contributed by atoms with Gasteiger partial charge < -0.3 is 15.3 Å². The zero-order chi connectivity index (χ0) is 9.78. The molecule has 0 saturated carbocycles. The predicted molar refractivity (Wildman–Crippen MR) is 52.4 cm³/mol. The number of rotatable bonds is 4. The molecule has 0 aromatic rings. The normalized spacial score (nSPS) is 12.6. The summed E-state index contributed by atoms with van der Waals surface area (Å²) in [6.45, 7) is 5.46. The maximum absolute atomic E-state index is 11.0. The van der Waals surface area contributed by atoms with Gasteiger partial charge in [0, 0.05) is 6.42 Å². The summed E-state index contributed by atoms with van der Waals surface area (Å²) in [5.74, 6) is -0.102. The van der Waals surface area contributed by atoms with Gasteiger partial charge in [0.05, 0.1) is 21.1 Å². The van der Waals surface area contributed by atoms with Crippen molar-refractivity contribution in [3.05, 3.63) is 12.7 Å². The van der Waals surface area contributed by atoms with Crippen molar-refractivity contribution in [3.63, 3.8) is 0 Å². The van der Waals surface area contributed by atoms with Gasteiger partial charge in [-0.05, 0) is 6.08 Å². The van der Waals surface area contributed by atoms with E-state index < -0.39 is 0 Å².